The third-order valence-corrected chi connectivity index (χ3v) is 3.12. The summed E-state index contributed by atoms with van der Waals surface area (Å²) in [7, 11) is 0. The summed E-state index contributed by atoms with van der Waals surface area (Å²) < 4.78 is 0. The van der Waals surface area contributed by atoms with Crippen molar-refractivity contribution in [2.75, 3.05) is 0 Å². The number of hydrogen-bond donors (Lipinski definition) is 0. The first-order chi connectivity index (χ1) is 7.81. The van der Waals surface area contributed by atoms with Crippen LogP contribution in [0.5, 0.6) is 0 Å². The molecule has 0 saturated carbocycles. The van der Waals surface area contributed by atoms with E-state index in [1.54, 1.807) is 0 Å². The van der Waals surface area contributed by atoms with Crippen molar-refractivity contribution in [3.63, 3.8) is 0 Å². The molecule has 0 N–H and O–H groups in total. The van der Waals surface area contributed by atoms with Crippen molar-refractivity contribution < 1.29 is 0 Å². The molecule has 0 spiro atoms. The van der Waals surface area contributed by atoms with E-state index < -0.39 is 0 Å². The summed E-state index contributed by atoms with van der Waals surface area (Å²) in [6.45, 7) is 11.5. The van der Waals surface area contributed by atoms with Gasteiger partial charge in [-0.05, 0) is 49.2 Å². The highest BCUT2D eigenvalue weighted by Crippen LogP contribution is 2.31. The van der Waals surface area contributed by atoms with Gasteiger partial charge in [-0.2, -0.15) is 0 Å². The number of unbranched alkanes of at least 4 members (excludes halogenated alkanes) is 1. The lowest BCUT2D eigenvalue weighted by Crippen LogP contribution is -2.06. The fourth-order valence-corrected chi connectivity index (χ4v) is 2.07. The van der Waals surface area contributed by atoms with Gasteiger partial charge in [0.2, 0.25) is 0 Å². The molecular formula is C16H22. The molecule has 0 aromatic rings. The third-order valence-electron chi connectivity index (χ3n) is 3.12. The van der Waals surface area contributed by atoms with Crippen LogP contribution in [0.3, 0.4) is 0 Å². The first-order valence-corrected chi connectivity index (χ1v) is 6.06. The van der Waals surface area contributed by atoms with Gasteiger partial charge in [-0.1, -0.05) is 37.0 Å². The highest BCUT2D eigenvalue weighted by atomic mass is 14.2. The Morgan fingerprint density at radius 2 is 1.94 bits per heavy atom. The van der Waals surface area contributed by atoms with Gasteiger partial charge in [-0.3, -0.25) is 0 Å². The minimum atomic E-state index is 0.641. The minimum Gasteiger partial charge on any atom is -0.103 e. The smallest absolute Gasteiger partial charge is 0.0192 e. The van der Waals surface area contributed by atoms with Crippen LogP contribution in [0, 0.1) is 5.92 Å². The fourth-order valence-electron chi connectivity index (χ4n) is 2.07. The maximum Gasteiger partial charge on any atom is -0.0192 e. The van der Waals surface area contributed by atoms with Gasteiger partial charge in [0.1, 0.15) is 0 Å². The molecule has 0 nitrogen and oxygen atoms in total. The van der Waals surface area contributed by atoms with Crippen LogP contribution in [0.25, 0.3) is 0 Å². The second kappa shape index (κ2) is 7.05. The number of hydrogen-bond acceptors (Lipinski definition) is 0. The van der Waals surface area contributed by atoms with Gasteiger partial charge in [-0.25, -0.2) is 0 Å². The maximum atomic E-state index is 3.90. The predicted octanol–water partition coefficient (Wildman–Crippen LogP) is 4.98. The second-order valence-electron chi connectivity index (χ2n) is 4.26. The lowest BCUT2D eigenvalue weighted by atomic mass is 9.83. The minimum absolute atomic E-state index is 0.641. The molecule has 1 rings (SSSR count). The van der Waals surface area contributed by atoms with E-state index in [9.17, 15) is 0 Å². The monoisotopic (exact) mass is 214 g/mol. The fraction of sp³-hybridized carbons (Fsp3) is 0.375. The summed E-state index contributed by atoms with van der Waals surface area (Å²) in [4.78, 5) is 0. The van der Waals surface area contributed by atoms with Gasteiger partial charge >= 0.3 is 0 Å². The van der Waals surface area contributed by atoms with E-state index in [1.165, 1.54) is 17.6 Å². The van der Waals surface area contributed by atoms with E-state index in [2.05, 4.69) is 38.0 Å². The van der Waals surface area contributed by atoms with Gasteiger partial charge in [0.25, 0.3) is 0 Å². The van der Waals surface area contributed by atoms with E-state index in [-0.39, 0.29) is 0 Å². The molecule has 0 aliphatic heterocycles. The van der Waals surface area contributed by atoms with Crippen LogP contribution in [0.2, 0.25) is 0 Å². The molecule has 0 aromatic carbocycles. The summed E-state index contributed by atoms with van der Waals surface area (Å²) >= 11 is 0. The van der Waals surface area contributed by atoms with Crippen molar-refractivity contribution in [3.8, 4) is 0 Å². The second-order valence-corrected chi connectivity index (χ2v) is 4.26. The van der Waals surface area contributed by atoms with Gasteiger partial charge in [0.05, 0.1) is 0 Å². The van der Waals surface area contributed by atoms with Crippen molar-refractivity contribution >= 4 is 0 Å². The molecule has 0 fully saturated rings. The standard InChI is InChI=1S/C16H22/c1-4-7-8-9-10-16-13-14(5-2)11-12-15(16)6-3/h4-6,9-10,14H,1-3,7-8,11-13H2. The number of rotatable bonds is 6. The quantitative estimate of drug-likeness (QED) is 0.432. The Balaban J connectivity index is 2.67. The van der Waals surface area contributed by atoms with Gasteiger partial charge in [-0.15, -0.1) is 13.2 Å². The van der Waals surface area contributed by atoms with Crippen molar-refractivity contribution in [3.05, 3.63) is 61.3 Å². The summed E-state index contributed by atoms with van der Waals surface area (Å²) in [5.41, 5.74) is 2.85. The summed E-state index contributed by atoms with van der Waals surface area (Å²) in [6, 6.07) is 0. The maximum absolute atomic E-state index is 3.90. The Hall–Kier alpha value is -1.30. The Bertz CT molecular complexity index is 315. The molecule has 0 bridgehead atoms. The van der Waals surface area contributed by atoms with E-state index in [0.717, 1.165) is 25.7 Å². The van der Waals surface area contributed by atoms with Crippen LogP contribution < -0.4 is 0 Å². The van der Waals surface area contributed by atoms with Gasteiger partial charge in [0.15, 0.2) is 0 Å². The van der Waals surface area contributed by atoms with Crippen molar-refractivity contribution in [1.29, 1.82) is 0 Å². The summed E-state index contributed by atoms with van der Waals surface area (Å²) in [5, 5.41) is 0. The summed E-state index contributed by atoms with van der Waals surface area (Å²) in [6.07, 6.45) is 16.2. The molecule has 1 unspecified atom stereocenters. The summed E-state index contributed by atoms with van der Waals surface area (Å²) in [5.74, 6) is 0.641. The zero-order valence-corrected chi connectivity index (χ0v) is 10.1. The third kappa shape index (κ3) is 3.69. The lowest BCUT2D eigenvalue weighted by Gasteiger charge is -2.22. The van der Waals surface area contributed by atoms with Crippen LogP contribution in [0.15, 0.2) is 61.3 Å². The zero-order valence-electron chi connectivity index (χ0n) is 10.1. The van der Waals surface area contributed by atoms with Gasteiger partial charge < -0.3 is 0 Å². The average molecular weight is 214 g/mol. The Morgan fingerprint density at radius 3 is 2.56 bits per heavy atom. The molecule has 0 heteroatoms. The average Bonchev–Trinajstić information content (AvgIpc) is 2.34. The molecule has 0 aromatic heterocycles. The normalized spacial score (nSPS) is 21.1. The highest BCUT2D eigenvalue weighted by Gasteiger charge is 2.15. The largest absolute Gasteiger partial charge is 0.103 e. The molecule has 0 saturated heterocycles. The predicted molar refractivity (Wildman–Crippen MR) is 73.3 cm³/mol. The first-order valence-electron chi connectivity index (χ1n) is 6.06. The molecule has 1 atom stereocenters. The topological polar surface area (TPSA) is 0 Å². The molecule has 86 valence electrons. The molecule has 1 aliphatic carbocycles. The molecule has 16 heavy (non-hydrogen) atoms. The van der Waals surface area contributed by atoms with E-state index >= 15 is 0 Å². The van der Waals surface area contributed by atoms with Gasteiger partial charge in [0, 0.05) is 0 Å². The molecular weight excluding hydrogens is 192 g/mol. The van der Waals surface area contributed by atoms with Crippen molar-refractivity contribution in [2.45, 2.75) is 32.1 Å². The van der Waals surface area contributed by atoms with Crippen LogP contribution in [0.1, 0.15) is 32.1 Å². The zero-order chi connectivity index (χ0) is 11.8. The Labute approximate surface area is 99.8 Å². The van der Waals surface area contributed by atoms with E-state index in [0.29, 0.717) is 5.92 Å². The molecule has 0 heterocycles. The van der Waals surface area contributed by atoms with E-state index in [4.69, 9.17) is 0 Å². The SMILES string of the molecule is C=CCCC=CC1=C(C=C)CCC(C=C)C1. The molecule has 0 amide bonds. The number of allylic oxidation sites excluding steroid dienone is 7. The van der Waals surface area contributed by atoms with Crippen LogP contribution in [0.4, 0.5) is 0 Å². The lowest BCUT2D eigenvalue weighted by molar-refractivity contribution is 0.560. The van der Waals surface area contributed by atoms with Crippen molar-refractivity contribution in [1.82, 2.24) is 0 Å². The first kappa shape index (κ1) is 12.8. The Kier molecular flexibility index (Phi) is 5.63. The van der Waals surface area contributed by atoms with Crippen molar-refractivity contribution in [2.24, 2.45) is 5.92 Å². The molecule has 0 radical (unpaired) electrons. The van der Waals surface area contributed by atoms with Crippen LogP contribution >= 0.6 is 0 Å². The highest BCUT2D eigenvalue weighted by molar-refractivity contribution is 5.35. The Morgan fingerprint density at radius 1 is 1.12 bits per heavy atom. The van der Waals surface area contributed by atoms with Crippen LogP contribution in [-0.2, 0) is 0 Å². The van der Waals surface area contributed by atoms with Crippen LogP contribution in [-0.4, -0.2) is 0 Å². The van der Waals surface area contributed by atoms with E-state index in [1.807, 2.05) is 12.2 Å². The molecule has 1 aliphatic rings.